The molecule has 1 amide bonds. The molecular weight excluding hydrogens is 220 g/mol. The molecule has 92 valence electrons. The van der Waals surface area contributed by atoms with E-state index in [0.717, 1.165) is 17.1 Å². The van der Waals surface area contributed by atoms with Crippen LogP contribution in [0.1, 0.15) is 5.56 Å². The third-order valence-corrected chi connectivity index (χ3v) is 2.35. The first-order chi connectivity index (χ1) is 8.13. The lowest BCUT2D eigenvalue weighted by Crippen LogP contribution is -2.41. The van der Waals surface area contributed by atoms with Crippen molar-refractivity contribution in [1.29, 1.82) is 0 Å². The topological polar surface area (TPSA) is 79.0 Å². The number of nitrogens with two attached hydrogens (primary N) is 1. The second kappa shape index (κ2) is 6.59. The summed E-state index contributed by atoms with van der Waals surface area (Å²) in [6.45, 7) is 0.387. The molecule has 0 saturated heterocycles. The predicted molar refractivity (Wildman–Crippen MR) is 64.5 cm³/mol. The third kappa shape index (κ3) is 4.60. The Morgan fingerprint density at radius 1 is 1.35 bits per heavy atom. The molecule has 0 bridgehead atoms. The normalized spacial score (nSPS) is 10.2. The summed E-state index contributed by atoms with van der Waals surface area (Å²) in [5.41, 5.74) is 6.16. The van der Waals surface area contributed by atoms with Gasteiger partial charge in [0.15, 0.2) is 0 Å². The molecule has 0 saturated carbocycles. The Bertz CT molecular complexity index is 369. The monoisotopic (exact) mass is 236 g/mol. The quantitative estimate of drug-likeness (QED) is 0.553. The molecule has 0 spiro atoms. The van der Waals surface area contributed by atoms with Crippen molar-refractivity contribution in [3.63, 3.8) is 0 Å². The summed E-state index contributed by atoms with van der Waals surface area (Å²) < 4.78 is 0. The summed E-state index contributed by atoms with van der Waals surface area (Å²) in [5, 5.41) is 5.34. The van der Waals surface area contributed by atoms with E-state index in [4.69, 9.17) is 5.73 Å². The SMILES string of the molecule is CN(CCc1ccccc1)N(CC(N)=O)N=O. The van der Waals surface area contributed by atoms with E-state index in [0.29, 0.717) is 6.54 Å². The number of carbonyl (C=O) groups is 1. The van der Waals surface area contributed by atoms with Crippen LogP contribution < -0.4 is 5.73 Å². The van der Waals surface area contributed by atoms with Gasteiger partial charge in [0.05, 0.1) is 5.29 Å². The van der Waals surface area contributed by atoms with Crippen molar-refractivity contribution in [1.82, 2.24) is 10.1 Å². The second-order valence-electron chi connectivity index (χ2n) is 3.70. The van der Waals surface area contributed by atoms with Gasteiger partial charge in [0.25, 0.3) is 0 Å². The van der Waals surface area contributed by atoms with E-state index < -0.39 is 5.91 Å². The highest BCUT2D eigenvalue weighted by atomic mass is 16.3. The molecular formula is C11H16N4O2. The molecule has 0 heterocycles. The lowest BCUT2D eigenvalue weighted by Gasteiger charge is -2.24. The predicted octanol–water partition coefficient (Wildman–Crippen LogP) is 0.545. The first-order valence-corrected chi connectivity index (χ1v) is 5.27. The number of amides is 1. The Morgan fingerprint density at radius 3 is 2.53 bits per heavy atom. The Labute approximate surface area is 99.9 Å². The number of nitrogens with zero attached hydrogens (tertiary/aromatic N) is 3. The maximum Gasteiger partial charge on any atom is 0.240 e. The first kappa shape index (κ1) is 13.1. The number of benzene rings is 1. The van der Waals surface area contributed by atoms with Gasteiger partial charge in [0.2, 0.25) is 5.91 Å². The fraction of sp³-hybridized carbons (Fsp3) is 0.364. The van der Waals surface area contributed by atoms with Gasteiger partial charge in [-0.2, -0.15) is 5.12 Å². The number of hydrogen-bond donors (Lipinski definition) is 1. The van der Waals surface area contributed by atoms with E-state index in [9.17, 15) is 9.70 Å². The highest BCUT2D eigenvalue weighted by Gasteiger charge is 2.12. The minimum Gasteiger partial charge on any atom is -0.368 e. The van der Waals surface area contributed by atoms with Crippen molar-refractivity contribution < 1.29 is 4.79 Å². The first-order valence-electron chi connectivity index (χ1n) is 5.27. The van der Waals surface area contributed by atoms with Crippen molar-refractivity contribution in [3.8, 4) is 0 Å². The molecule has 0 aliphatic rings. The number of carbonyl (C=O) groups excluding carboxylic acids is 1. The number of primary amides is 1. The molecule has 1 rings (SSSR count). The molecule has 0 aromatic heterocycles. The van der Waals surface area contributed by atoms with Gasteiger partial charge in [0.1, 0.15) is 6.54 Å². The van der Waals surface area contributed by atoms with Crippen LogP contribution in [0.3, 0.4) is 0 Å². The maximum absolute atomic E-state index is 10.7. The third-order valence-electron chi connectivity index (χ3n) is 2.35. The summed E-state index contributed by atoms with van der Waals surface area (Å²) in [7, 11) is 1.69. The Balaban J connectivity index is 2.45. The van der Waals surface area contributed by atoms with Crippen LogP contribution in [0.2, 0.25) is 0 Å². The van der Waals surface area contributed by atoms with E-state index in [1.807, 2.05) is 30.3 Å². The van der Waals surface area contributed by atoms with Crippen molar-refractivity contribution in [3.05, 3.63) is 40.8 Å². The lowest BCUT2D eigenvalue weighted by molar-refractivity contribution is -0.123. The van der Waals surface area contributed by atoms with Crippen LogP contribution in [0.25, 0.3) is 0 Å². The Kier molecular flexibility index (Phi) is 5.09. The molecule has 6 heteroatoms. The highest BCUT2D eigenvalue weighted by molar-refractivity contribution is 5.75. The standard InChI is InChI=1S/C11H16N4O2/c1-14(15(13-17)9-11(12)16)8-7-10-5-3-2-4-6-10/h2-6H,7-9H2,1H3,(H2,12,16). The van der Waals surface area contributed by atoms with Crippen LogP contribution >= 0.6 is 0 Å². The zero-order valence-electron chi connectivity index (χ0n) is 9.74. The molecule has 17 heavy (non-hydrogen) atoms. The number of hydrogen-bond acceptors (Lipinski definition) is 4. The van der Waals surface area contributed by atoms with Crippen LogP contribution in [0.4, 0.5) is 0 Å². The lowest BCUT2D eigenvalue weighted by atomic mass is 10.1. The molecule has 0 radical (unpaired) electrons. The molecule has 1 aromatic carbocycles. The minimum atomic E-state index is -0.587. The van der Waals surface area contributed by atoms with Crippen molar-refractivity contribution in [2.75, 3.05) is 20.1 Å². The zero-order valence-corrected chi connectivity index (χ0v) is 9.74. The number of likely N-dealkylation sites (N-methyl/N-ethyl adjacent to an activating group) is 1. The number of rotatable bonds is 7. The molecule has 2 N–H and O–H groups in total. The van der Waals surface area contributed by atoms with Crippen LogP contribution in [0.15, 0.2) is 35.6 Å². The van der Waals surface area contributed by atoms with Gasteiger partial charge in [0, 0.05) is 13.6 Å². The molecule has 0 atom stereocenters. The summed E-state index contributed by atoms with van der Waals surface area (Å²) in [6, 6.07) is 9.85. The van der Waals surface area contributed by atoms with Crippen molar-refractivity contribution >= 4 is 5.91 Å². The fourth-order valence-electron chi connectivity index (χ4n) is 1.40. The van der Waals surface area contributed by atoms with Crippen LogP contribution in [0, 0.1) is 4.91 Å². The summed E-state index contributed by atoms with van der Waals surface area (Å²) in [4.78, 5) is 21.2. The van der Waals surface area contributed by atoms with E-state index >= 15 is 0 Å². The summed E-state index contributed by atoms with van der Waals surface area (Å²) in [6.07, 6.45) is 0.766. The second-order valence-corrected chi connectivity index (χ2v) is 3.70. The number of hydrazine groups is 1. The molecule has 0 fully saturated rings. The van der Waals surface area contributed by atoms with Gasteiger partial charge in [-0.15, -0.1) is 4.91 Å². The highest BCUT2D eigenvalue weighted by Crippen LogP contribution is 2.02. The summed E-state index contributed by atoms with van der Waals surface area (Å²) in [5.74, 6) is -0.587. The van der Waals surface area contributed by atoms with Gasteiger partial charge < -0.3 is 5.73 Å². The molecule has 0 unspecified atom stereocenters. The van der Waals surface area contributed by atoms with Gasteiger partial charge in [-0.3, -0.25) is 4.79 Å². The molecule has 0 aliphatic carbocycles. The largest absolute Gasteiger partial charge is 0.368 e. The average molecular weight is 236 g/mol. The Hall–Kier alpha value is -1.95. The van der Waals surface area contributed by atoms with E-state index in [1.165, 1.54) is 0 Å². The Morgan fingerprint density at radius 2 is 2.00 bits per heavy atom. The van der Waals surface area contributed by atoms with E-state index in [2.05, 4.69) is 5.29 Å². The summed E-state index contributed by atoms with van der Waals surface area (Å²) >= 11 is 0. The average Bonchev–Trinajstić information content (AvgIpc) is 2.34. The van der Waals surface area contributed by atoms with Gasteiger partial charge in [-0.1, -0.05) is 30.3 Å². The van der Waals surface area contributed by atoms with Gasteiger partial charge >= 0.3 is 0 Å². The van der Waals surface area contributed by atoms with Crippen LogP contribution in [-0.4, -0.2) is 36.2 Å². The minimum absolute atomic E-state index is 0.200. The maximum atomic E-state index is 10.7. The van der Waals surface area contributed by atoms with Crippen LogP contribution in [0.5, 0.6) is 0 Å². The van der Waals surface area contributed by atoms with Crippen LogP contribution in [-0.2, 0) is 11.2 Å². The fourth-order valence-corrected chi connectivity index (χ4v) is 1.40. The molecule has 1 aromatic rings. The van der Waals surface area contributed by atoms with Gasteiger partial charge in [-0.25, -0.2) is 5.01 Å². The van der Waals surface area contributed by atoms with Crippen molar-refractivity contribution in [2.24, 2.45) is 11.0 Å². The molecule has 6 nitrogen and oxygen atoms in total. The smallest absolute Gasteiger partial charge is 0.240 e. The van der Waals surface area contributed by atoms with Gasteiger partial charge in [-0.05, 0) is 12.0 Å². The van der Waals surface area contributed by atoms with E-state index in [1.54, 1.807) is 12.1 Å². The molecule has 0 aliphatic heterocycles. The van der Waals surface area contributed by atoms with Crippen molar-refractivity contribution in [2.45, 2.75) is 6.42 Å². The number of nitroso groups, excluding NO2 is 1. The van der Waals surface area contributed by atoms with E-state index in [-0.39, 0.29) is 6.54 Å². The zero-order chi connectivity index (χ0) is 12.7.